The molecule has 1 N–H and O–H groups in total. The van der Waals surface area contributed by atoms with E-state index in [4.69, 9.17) is 4.74 Å². The van der Waals surface area contributed by atoms with E-state index in [2.05, 4.69) is 14.9 Å². The second-order valence-corrected chi connectivity index (χ2v) is 8.23. The third-order valence-electron chi connectivity index (χ3n) is 4.72. The fourth-order valence-electron chi connectivity index (χ4n) is 3.19. The summed E-state index contributed by atoms with van der Waals surface area (Å²) in [5, 5.41) is 8.08. The average molecular weight is 391 g/mol. The van der Waals surface area contributed by atoms with Crippen LogP contribution in [0.25, 0.3) is 0 Å². The standard InChI is InChI=1S/C19H26N4O3S/c1-3-23(4-2)19-14-13-18(20-21-19)22-27(24,25)17-11-9-16(10-12-17)26-15-7-5-6-8-15/h9-15H,3-8H2,1-2H3,(H,20,22). The first-order valence-electron chi connectivity index (χ1n) is 9.40. The zero-order valence-electron chi connectivity index (χ0n) is 15.8. The second kappa shape index (κ2) is 8.56. The first-order valence-corrected chi connectivity index (χ1v) is 10.9. The van der Waals surface area contributed by atoms with Gasteiger partial charge in [0.1, 0.15) is 5.75 Å². The predicted octanol–water partition coefficient (Wildman–Crippen LogP) is 3.45. The van der Waals surface area contributed by atoms with E-state index in [1.54, 1.807) is 36.4 Å². The van der Waals surface area contributed by atoms with Crippen LogP contribution in [-0.2, 0) is 10.0 Å². The van der Waals surface area contributed by atoms with Gasteiger partial charge in [0.2, 0.25) is 0 Å². The first kappa shape index (κ1) is 19.4. The molecule has 1 aromatic heterocycles. The molecule has 0 atom stereocenters. The van der Waals surface area contributed by atoms with Crippen molar-refractivity contribution in [3.8, 4) is 5.75 Å². The number of hydrogen-bond donors (Lipinski definition) is 1. The number of rotatable bonds is 8. The fraction of sp³-hybridized carbons (Fsp3) is 0.474. The van der Waals surface area contributed by atoms with Crippen molar-refractivity contribution in [3.05, 3.63) is 36.4 Å². The molecule has 1 aliphatic carbocycles. The van der Waals surface area contributed by atoms with Crippen molar-refractivity contribution >= 4 is 21.7 Å². The normalized spacial score (nSPS) is 14.9. The molecule has 0 bridgehead atoms. The zero-order chi connectivity index (χ0) is 19.3. The monoisotopic (exact) mass is 390 g/mol. The summed E-state index contributed by atoms with van der Waals surface area (Å²) in [5.41, 5.74) is 0. The Morgan fingerprint density at radius 3 is 2.26 bits per heavy atom. The van der Waals surface area contributed by atoms with E-state index in [1.807, 2.05) is 18.7 Å². The lowest BCUT2D eigenvalue weighted by Crippen LogP contribution is -2.23. The molecule has 146 valence electrons. The highest BCUT2D eigenvalue weighted by Crippen LogP contribution is 2.25. The molecule has 1 saturated carbocycles. The molecule has 0 radical (unpaired) electrons. The topological polar surface area (TPSA) is 84.4 Å². The van der Waals surface area contributed by atoms with Crippen LogP contribution in [0.15, 0.2) is 41.3 Å². The Bertz CT molecular complexity index is 828. The van der Waals surface area contributed by atoms with Gasteiger partial charge in [-0.05, 0) is 75.9 Å². The summed E-state index contributed by atoms with van der Waals surface area (Å²) in [7, 11) is -3.72. The van der Waals surface area contributed by atoms with Crippen molar-refractivity contribution in [2.24, 2.45) is 0 Å². The van der Waals surface area contributed by atoms with E-state index in [0.29, 0.717) is 5.75 Å². The molecule has 1 heterocycles. The van der Waals surface area contributed by atoms with Crippen molar-refractivity contribution in [3.63, 3.8) is 0 Å². The number of ether oxygens (including phenoxy) is 1. The smallest absolute Gasteiger partial charge is 0.263 e. The highest BCUT2D eigenvalue weighted by Gasteiger charge is 2.18. The van der Waals surface area contributed by atoms with Gasteiger partial charge in [-0.3, -0.25) is 4.72 Å². The molecule has 0 saturated heterocycles. The summed E-state index contributed by atoms with van der Waals surface area (Å²) < 4.78 is 33.5. The average Bonchev–Trinajstić information content (AvgIpc) is 3.17. The first-order chi connectivity index (χ1) is 13.0. The number of aromatic nitrogens is 2. The van der Waals surface area contributed by atoms with Gasteiger partial charge < -0.3 is 9.64 Å². The Hall–Kier alpha value is -2.35. The number of hydrogen-bond acceptors (Lipinski definition) is 6. The maximum atomic E-state index is 12.6. The van der Waals surface area contributed by atoms with E-state index in [9.17, 15) is 8.42 Å². The molecule has 27 heavy (non-hydrogen) atoms. The number of anilines is 2. The third kappa shape index (κ3) is 4.88. The Kier molecular flexibility index (Phi) is 6.15. The van der Waals surface area contributed by atoms with E-state index in [1.165, 1.54) is 12.8 Å². The molecular weight excluding hydrogens is 364 g/mol. The lowest BCUT2D eigenvalue weighted by molar-refractivity contribution is 0.210. The van der Waals surface area contributed by atoms with Gasteiger partial charge in [-0.2, -0.15) is 0 Å². The quantitative estimate of drug-likeness (QED) is 0.743. The van der Waals surface area contributed by atoms with Crippen molar-refractivity contribution in [2.45, 2.75) is 50.5 Å². The zero-order valence-corrected chi connectivity index (χ0v) is 16.6. The summed E-state index contributed by atoms with van der Waals surface area (Å²) in [6, 6.07) is 9.87. The molecule has 1 aromatic carbocycles. The van der Waals surface area contributed by atoms with Gasteiger partial charge in [-0.25, -0.2) is 8.42 Å². The highest BCUT2D eigenvalue weighted by molar-refractivity contribution is 7.92. The molecule has 0 spiro atoms. The minimum atomic E-state index is -3.72. The van der Waals surface area contributed by atoms with Crippen molar-refractivity contribution in [1.29, 1.82) is 0 Å². The minimum Gasteiger partial charge on any atom is -0.490 e. The van der Waals surface area contributed by atoms with E-state index in [-0.39, 0.29) is 16.8 Å². The van der Waals surface area contributed by atoms with Crippen LogP contribution in [0, 0.1) is 0 Å². The molecule has 1 fully saturated rings. The number of sulfonamides is 1. The fourth-order valence-corrected chi connectivity index (χ4v) is 4.18. The Balaban J connectivity index is 1.67. The van der Waals surface area contributed by atoms with Gasteiger partial charge in [0.05, 0.1) is 11.0 Å². The Labute approximate surface area is 160 Å². The largest absolute Gasteiger partial charge is 0.490 e. The van der Waals surface area contributed by atoms with Crippen LogP contribution < -0.4 is 14.4 Å². The number of nitrogens with zero attached hydrogens (tertiary/aromatic N) is 3. The van der Waals surface area contributed by atoms with Gasteiger partial charge >= 0.3 is 0 Å². The lowest BCUT2D eigenvalue weighted by atomic mass is 10.3. The molecule has 3 rings (SSSR count). The molecule has 7 nitrogen and oxygen atoms in total. The van der Waals surface area contributed by atoms with Gasteiger partial charge in [-0.1, -0.05) is 0 Å². The predicted molar refractivity (Wildman–Crippen MR) is 106 cm³/mol. The van der Waals surface area contributed by atoms with Crippen molar-refractivity contribution in [2.75, 3.05) is 22.7 Å². The Morgan fingerprint density at radius 1 is 1.04 bits per heavy atom. The summed E-state index contributed by atoms with van der Waals surface area (Å²) in [4.78, 5) is 2.20. The van der Waals surface area contributed by atoms with E-state index >= 15 is 0 Å². The molecule has 8 heteroatoms. The molecule has 1 aliphatic rings. The summed E-state index contributed by atoms with van der Waals surface area (Å²) >= 11 is 0. The molecule has 0 aliphatic heterocycles. The third-order valence-corrected chi connectivity index (χ3v) is 6.09. The van der Waals surface area contributed by atoms with Gasteiger partial charge in [0.25, 0.3) is 10.0 Å². The van der Waals surface area contributed by atoms with Crippen LogP contribution in [0.1, 0.15) is 39.5 Å². The Morgan fingerprint density at radius 2 is 1.70 bits per heavy atom. The maximum absolute atomic E-state index is 12.6. The SMILES string of the molecule is CCN(CC)c1ccc(NS(=O)(=O)c2ccc(OC3CCCC3)cc2)nn1. The highest BCUT2D eigenvalue weighted by atomic mass is 32.2. The van der Waals surface area contributed by atoms with Gasteiger partial charge in [0.15, 0.2) is 11.6 Å². The van der Waals surface area contributed by atoms with Gasteiger partial charge in [0, 0.05) is 13.1 Å². The second-order valence-electron chi connectivity index (χ2n) is 6.55. The number of nitrogens with one attached hydrogen (secondary N) is 1. The van der Waals surface area contributed by atoms with Crippen LogP contribution in [-0.4, -0.2) is 37.8 Å². The van der Waals surface area contributed by atoms with Crippen LogP contribution >= 0.6 is 0 Å². The molecule has 0 amide bonds. The molecule has 0 unspecified atom stereocenters. The summed E-state index contributed by atoms with van der Waals surface area (Å²) in [6.07, 6.45) is 4.74. The van der Waals surface area contributed by atoms with Crippen LogP contribution in [0.5, 0.6) is 5.75 Å². The minimum absolute atomic E-state index is 0.163. The summed E-state index contributed by atoms with van der Waals surface area (Å²) in [5.74, 6) is 1.61. The van der Waals surface area contributed by atoms with Crippen molar-refractivity contribution in [1.82, 2.24) is 10.2 Å². The van der Waals surface area contributed by atoms with Crippen molar-refractivity contribution < 1.29 is 13.2 Å². The summed E-state index contributed by atoms with van der Waals surface area (Å²) in [6.45, 7) is 5.68. The van der Waals surface area contributed by atoms with Crippen LogP contribution in [0.3, 0.4) is 0 Å². The van der Waals surface area contributed by atoms with E-state index in [0.717, 1.165) is 31.7 Å². The van der Waals surface area contributed by atoms with Gasteiger partial charge in [-0.15, -0.1) is 10.2 Å². The van der Waals surface area contributed by atoms with Crippen LogP contribution in [0.2, 0.25) is 0 Å². The van der Waals surface area contributed by atoms with E-state index < -0.39 is 10.0 Å². The molecular formula is C19H26N4O3S. The van der Waals surface area contributed by atoms with Crippen LogP contribution in [0.4, 0.5) is 11.6 Å². The maximum Gasteiger partial charge on any atom is 0.263 e. The number of benzene rings is 1. The lowest BCUT2D eigenvalue weighted by Gasteiger charge is -2.18. The molecule has 2 aromatic rings.